The minimum absolute atomic E-state index is 0.265. The van der Waals surface area contributed by atoms with Gasteiger partial charge in [-0.05, 0) is 59.5 Å². The smallest absolute Gasteiger partial charge is 0.0271 e. The molecule has 0 bridgehead atoms. The standard InChI is InChI=1S/C14H30N2/c1-6-12-7-9-13(10-8-12)15-11-14(2,3)16(4)5/h12-13,15H,6-11H2,1-5H3. The molecule has 0 unspecified atom stereocenters. The van der Waals surface area contributed by atoms with E-state index in [1.165, 1.54) is 32.1 Å². The van der Waals surface area contributed by atoms with Crippen LogP contribution in [0.2, 0.25) is 0 Å². The minimum atomic E-state index is 0.265. The molecule has 16 heavy (non-hydrogen) atoms. The Balaban J connectivity index is 2.24. The van der Waals surface area contributed by atoms with Gasteiger partial charge in [0.2, 0.25) is 0 Å². The first kappa shape index (κ1) is 14.0. The highest BCUT2D eigenvalue weighted by atomic mass is 15.2. The molecule has 1 aliphatic rings. The maximum atomic E-state index is 3.75. The predicted molar refractivity (Wildman–Crippen MR) is 71.8 cm³/mol. The maximum absolute atomic E-state index is 3.75. The van der Waals surface area contributed by atoms with Gasteiger partial charge in [-0.25, -0.2) is 0 Å². The van der Waals surface area contributed by atoms with E-state index in [1.54, 1.807) is 0 Å². The Morgan fingerprint density at radius 3 is 2.12 bits per heavy atom. The van der Waals surface area contributed by atoms with Gasteiger partial charge in [0.15, 0.2) is 0 Å². The summed E-state index contributed by atoms with van der Waals surface area (Å²) in [5, 5.41) is 3.75. The van der Waals surface area contributed by atoms with Crippen LogP contribution in [0, 0.1) is 5.92 Å². The van der Waals surface area contributed by atoms with Gasteiger partial charge in [-0.3, -0.25) is 0 Å². The van der Waals surface area contributed by atoms with Crippen LogP contribution in [0.5, 0.6) is 0 Å². The molecule has 1 N–H and O–H groups in total. The molecular formula is C14H30N2. The highest BCUT2D eigenvalue weighted by molar-refractivity contribution is 4.84. The van der Waals surface area contributed by atoms with Crippen LogP contribution in [0.15, 0.2) is 0 Å². The number of rotatable bonds is 5. The van der Waals surface area contributed by atoms with Crippen molar-refractivity contribution in [1.29, 1.82) is 0 Å². The molecule has 1 rings (SSSR count). The zero-order valence-corrected chi connectivity index (χ0v) is 11.8. The molecule has 0 atom stereocenters. The average Bonchev–Trinajstić information content (AvgIpc) is 2.27. The quantitative estimate of drug-likeness (QED) is 0.775. The fraction of sp³-hybridized carbons (Fsp3) is 1.00. The lowest BCUT2D eigenvalue weighted by molar-refractivity contribution is 0.174. The molecule has 0 radical (unpaired) electrons. The van der Waals surface area contributed by atoms with Gasteiger partial charge in [-0.1, -0.05) is 13.3 Å². The van der Waals surface area contributed by atoms with Gasteiger partial charge in [-0.15, -0.1) is 0 Å². The summed E-state index contributed by atoms with van der Waals surface area (Å²) in [4.78, 5) is 2.30. The van der Waals surface area contributed by atoms with Crippen LogP contribution in [-0.4, -0.2) is 37.1 Å². The van der Waals surface area contributed by atoms with Crippen LogP contribution in [0.4, 0.5) is 0 Å². The Morgan fingerprint density at radius 2 is 1.69 bits per heavy atom. The highest BCUT2D eigenvalue weighted by Gasteiger charge is 2.24. The van der Waals surface area contributed by atoms with Gasteiger partial charge in [0, 0.05) is 18.1 Å². The summed E-state index contributed by atoms with van der Waals surface area (Å²) >= 11 is 0. The van der Waals surface area contributed by atoms with Crippen LogP contribution in [0.3, 0.4) is 0 Å². The van der Waals surface area contributed by atoms with Gasteiger partial charge < -0.3 is 10.2 Å². The zero-order chi connectivity index (χ0) is 12.2. The summed E-state index contributed by atoms with van der Waals surface area (Å²) < 4.78 is 0. The third-order valence-corrected chi connectivity index (χ3v) is 4.46. The summed E-state index contributed by atoms with van der Waals surface area (Å²) in [7, 11) is 4.32. The van der Waals surface area contributed by atoms with E-state index in [0.29, 0.717) is 0 Å². The van der Waals surface area contributed by atoms with Crippen LogP contribution >= 0.6 is 0 Å². The second kappa shape index (κ2) is 6.02. The second-order valence-corrected chi connectivity index (χ2v) is 6.21. The normalized spacial score (nSPS) is 27.4. The summed E-state index contributed by atoms with van der Waals surface area (Å²) in [5.74, 6) is 1.000. The number of nitrogens with zero attached hydrogens (tertiary/aromatic N) is 1. The van der Waals surface area contributed by atoms with Crippen molar-refractivity contribution in [2.45, 2.75) is 64.5 Å². The Kier molecular flexibility index (Phi) is 5.26. The molecule has 0 aliphatic heterocycles. The van der Waals surface area contributed by atoms with Crippen molar-refractivity contribution in [3.8, 4) is 0 Å². The molecule has 0 aromatic rings. The highest BCUT2D eigenvalue weighted by Crippen LogP contribution is 2.26. The molecule has 0 saturated heterocycles. The molecule has 1 aliphatic carbocycles. The molecule has 0 aromatic heterocycles. The lowest BCUT2D eigenvalue weighted by Crippen LogP contribution is -2.49. The van der Waals surface area contributed by atoms with Crippen molar-refractivity contribution in [3.63, 3.8) is 0 Å². The zero-order valence-electron chi connectivity index (χ0n) is 11.8. The summed E-state index contributed by atoms with van der Waals surface area (Å²) in [6.07, 6.45) is 6.98. The van der Waals surface area contributed by atoms with Crippen molar-refractivity contribution in [2.24, 2.45) is 5.92 Å². The topological polar surface area (TPSA) is 15.3 Å². The first-order chi connectivity index (χ1) is 7.45. The van der Waals surface area contributed by atoms with Gasteiger partial charge in [0.05, 0.1) is 0 Å². The van der Waals surface area contributed by atoms with E-state index in [0.717, 1.165) is 18.5 Å². The van der Waals surface area contributed by atoms with Gasteiger partial charge in [-0.2, -0.15) is 0 Å². The molecule has 0 aromatic carbocycles. The van der Waals surface area contributed by atoms with E-state index in [9.17, 15) is 0 Å². The van der Waals surface area contributed by atoms with E-state index in [2.05, 4.69) is 45.1 Å². The molecule has 0 amide bonds. The average molecular weight is 226 g/mol. The summed E-state index contributed by atoms with van der Waals surface area (Å²) in [6.45, 7) is 8.03. The first-order valence-electron chi connectivity index (χ1n) is 6.86. The number of hydrogen-bond donors (Lipinski definition) is 1. The maximum Gasteiger partial charge on any atom is 0.0271 e. The van der Waals surface area contributed by atoms with E-state index in [1.807, 2.05) is 0 Å². The molecule has 96 valence electrons. The predicted octanol–water partition coefficient (Wildman–Crippen LogP) is 2.89. The third kappa shape index (κ3) is 4.06. The minimum Gasteiger partial charge on any atom is -0.312 e. The van der Waals surface area contributed by atoms with Gasteiger partial charge >= 0.3 is 0 Å². The Hall–Kier alpha value is -0.0800. The monoisotopic (exact) mass is 226 g/mol. The molecule has 0 spiro atoms. The van der Waals surface area contributed by atoms with Crippen LogP contribution in [0.1, 0.15) is 52.9 Å². The SMILES string of the molecule is CCC1CCC(NCC(C)(C)N(C)C)CC1. The van der Waals surface area contributed by atoms with Gasteiger partial charge in [0.25, 0.3) is 0 Å². The summed E-state index contributed by atoms with van der Waals surface area (Å²) in [6, 6.07) is 0.766. The molecule has 1 saturated carbocycles. The van der Waals surface area contributed by atoms with Gasteiger partial charge in [0.1, 0.15) is 0 Å². The van der Waals surface area contributed by atoms with E-state index in [-0.39, 0.29) is 5.54 Å². The van der Waals surface area contributed by atoms with Crippen molar-refractivity contribution >= 4 is 0 Å². The van der Waals surface area contributed by atoms with Crippen molar-refractivity contribution in [3.05, 3.63) is 0 Å². The first-order valence-corrected chi connectivity index (χ1v) is 6.86. The largest absolute Gasteiger partial charge is 0.312 e. The summed E-state index contributed by atoms with van der Waals surface area (Å²) in [5.41, 5.74) is 0.265. The second-order valence-electron chi connectivity index (χ2n) is 6.21. The van der Waals surface area contributed by atoms with Crippen molar-refractivity contribution in [2.75, 3.05) is 20.6 Å². The molecule has 2 heteroatoms. The Labute approximate surface area is 102 Å². The number of hydrogen-bond acceptors (Lipinski definition) is 2. The van der Waals surface area contributed by atoms with Crippen LogP contribution in [-0.2, 0) is 0 Å². The van der Waals surface area contributed by atoms with Crippen LogP contribution < -0.4 is 5.32 Å². The molecular weight excluding hydrogens is 196 g/mol. The third-order valence-electron chi connectivity index (χ3n) is 4.46. The Bertz CT molecular complexity index is 191. The molecule has 2 nitrogen and oxygen atoms in total. The van der Waals surface area contributed by atoms with E-state index < -0.39 is 0 Å². The number of likely N-dealkylation sites (N-methyl/N-ethyl adjacent to an activating group) is 1. The fourth-order valence-corrected chi connectivity index (χ4v) is 2.33. The van der Waals surface area contributed by atoms with Crippen LogP contribution in [0.25, 0.3) is 0 Å². The van der Waals surface area contributed by atoms with E-state index >= 15 is 0 Å². The lowest BCUT2D eigenvalue weighted by atomic mass is 9.84. The van der Waals surface area contributed by atoms with Crippen molar-refractivity contribution < 1.29 is 0 Å². The fourth-order valence-electron chi connectivity index (χ4n) is 2.33. The lowest BCUT2D eigenvalue weighted by Gasteiger charge is -2.36. The molecule has 0 heterocycles. The Morgan fingerprint density at radius 1 is 1.12 bits per heavy atom. The molecule has 1 fully saturated rings. The van der Waals surface area contributed by atoms with E-state index in [4.69, 9.17) is 0 Å². The van der Waals surface area contributed by atoms with Crippen molar-refractivity contribution in [1.82, 2.24) is 10.2 Å². The number of nitrogens with one attached hydrogen (secondary N) is 1.